The number of rotatable bonds is 8. The minimum atomic E-state index is -0.698. The molecule has 2 rings (SSSR count). The number of anilines is 1. The fourth-order valence-corrected chi connectivity index (χ4v) is 2.66. The molecule has 24 heavy (non-hydrogen) atoms. The van der Waals surface area contributed by atoms with Crippen LogP contribution in [0.15, 0.2) is 24.3 Å². The van der Waals surface area contributed by atoms with Gasteiger partial charge in [-0.2, -0.15) is 0 Å². The molecule has 1 aromatic rings. The van der Waals surface area contributed by atoms with E-state index in [9.17, 15) is 14.4 Å². The largest absolute Gasteiger partial charge is 0.356 e. The third-order valence-electron chi connectivity index (χ3n) is 4.06. The molecule has 0 bridgehead atoms. The van der Waals surface area contributed by atoms with E-state index in [-0.39, 0.29) is 30.6 Å². The monoisotopic (exact) mass is 331 g/mol. The lowest BCUT2D eigenvalue weighted by Crippen LogP contribution is -2.42. The highest BCUT2D eigenvalue weighted by Crippen LogP contribution is 2.19. The molecule has 3 amide bonds. The maximum absolute atomic E-state index is 12.2. The Kier molecular flexibility index (Phi) is 6.78. The second-order valence-corrected chi connectivity index (χ2v) is 6.01. The van der Waals surface area contributed by atoms with E-state index in [1.807, 2.05) is 0 Å². The molecule has 1 atom stereocenters. The minimum absolute atomic E-state index is 0.0877. The molecule has 130 valence electrons. The van der Waals surface area contributed by atoms with Crippen LogP contribution in [-0.2, 0) is 9.59 Å². The Morgan fingerprint density at radius 3 is 2.75 bits per heavy atom. The standard InChI is InChI=1S/C18H25N3O3/c1-2-3-4-7-12-19-16(22)11-10-15-18(24)20-14-9-6-5-8-13(14)17(23)21-15/h5-6,8-9,15H,2-4,7,10-12H2,1H3,(H,19,22)(H,20,24)(H,21,23). The second kappa shape index (κ2) is 9.05. The second-order valence-electron chi connectivity index (χ2n) is 6.01. The predicted octanol–water partition coefficient (Wildman–Crippen LogP) is 2.21. The van der Waals surface area contributed by atoms with Gasteiger partial charge in [-0.15, -0.1) is 0 Å². The number of fused-ring (bicyclic) bond motifs is 1. The van der Waals surface area contributed by atoms with Crippen molar-refractivity contribution in [1.29, 1.82) is 0 Å². The summed E-state index contributed by atoms with van der Waals surface area (Å²) in [7, 11) is 0. The Morgan fingerprint density at radius 1 is 1.17 bits per heavy atom. The van der Waals surface area contributed by atoms with Gasteiger partial charge in [0.2, 0.25) is 11.8 Å². The van der Waals surface area contributed by atoms with Crippen LogP contribution in [0, 0.1) is 0 Å². The Balaban J connectivity index is 1.80. The highest BCUT2D eigenvalue weighted by Gasteiger charge is 2.27. The number of unbranched alkanes of at least 4 members (excludes halogenated alkanes) is 3. The number of nitrogens with one attached hydrogen (secondary N) is 3. The highest BCUT2D eigenvalue weighted by molar-refractivity contribution is 6.09. The molecule has 0 aromatic heterocycles. The zero-order valence-electron chi connectivity index (χ0n) is 14.1. The summed E-state index contributed by atoms with van der Waals surface area (Å²) in [5.74, 6) is -0.673. The maximum atomic E-state index is 12.2. The summed E-state index contributed by atoms with van der Waals surface area (Å²) in [5, 5.41) is 8.29. The lowest BCUT2D eigenvalue weighted by atomic mass is 10.1. The molecule has 0 saturated carbocycles. The first-order valence-electron chi connectivity index (χ1n) is 8.59. The molecule has 0 radical (unpaired) electrons. The topological polar surface area (TPSA) is 87.3 Å². The Labute approximate surface area is 142 Å². The van der Waals surface area contributed by atoms with E-state index in [1.165, 1.54) is 6.42 Å². The van der Waals surface area contributed by atoms with E-state index in [0.717, 1.165) is 19.3 Å². The Bertz CT molecular complexity index is 601. The van der Waals surface area contributed by atoms with Crippen molar-refractivity contribution in [2.24, 2.45) is 0 Å². The van der Waals surface area contributed by atoms with Gasteiger partial charge in [-0.25, -0.2) is 0 Å². The summed E-state index contributed by atoms with van der Waals surface area (Å²) >= 11 is 0. The molecule has 1 aliphatic rings. The van der Waals surface area contributed by atoms with Crippen molar-refractivity contribution in [2.75, 3.05) is 11.9 Å². The number of carbonyl (C=O) groups excluding carboxylic acids is 3. The molecular weight excluding hydrogens is 306 g/mol. The summed E-state index contributed by atoms with van der Waals surface area (Å²) in [6.45, 7) is 2.80. The summed E-state index contributed by atoms with van der Waals surface area (Å²) < 4.78 is 0. The van der Waals surface area contributed by atoms with Gasteiger partial charge in [0.25, 0.3) is 5.91 Å². The molecule has 1 aromatic carbocycles. The molecule has 1 aliphatic heterocycles. The van der Waals surface area contributed by atoms with Crippen LogP contribution in [0.4, 0.5) is 5.69 Å². The van der Waals surface area contributed by atoms with Gasteiger partial charge in [-0.05, 0) is 25.0 Å². The van der Waals surface area contributed by atoms with Gasteiger partial charge in [0.15, 0.2) is 0 Å². The van der Waals surface area contributed by atoms with Crippen LogP contribution in [0.3, 0.4) is 0 Å². The van der Waals surface area contributed by atoms with Gasteiger partial charge in [-0.3, -0.25) is 14.4 Å². The molecule has 0 spiro atoms. The van der Waals surface area contributed by atoms with Crippen molar-refractivity contribution in [3.63, 3.8) is 0 Å². The van der Waals surface area contributed by atoms with Crippen LogP contribution < -0.4 is 16.0 Å². The van der Waals surface area contributed by atoms with E-state index in [2.05, 4.69) is 22.9 Å². The van der Waals surface area contributed by atoms with Gasteiger partial charge in [0.05, 0.1) is 11.3 Å². The fraction of sp³-hybridized carbons (Fsp3) is 0.500. The first-order valence-corrected chi connectivity index (χ1v) is 8.59. The highest BCUT2D eigenvalue weighted by atomic mass is 16.2. The van der Waals surface area contributed by atoms with E-state index in [1.54, 1.807) is 24.3 Å². The van der Waals surface area contributed by atoms with Crippen LogP contribution in [0.1, 0.15) is 55.8 Å². The predicted molar refractivity (Wildman–Crippen MR) is 92.7 cm³/mol. The third kappa shape index (κ3) is 5.08. The molecule has 6 nitrogen and oxygen atoms in total. The lowest BCUT2D eigenvalue weighted by Gasteiger charge is -2.14. The average molecular weight is 331 g/mol. The molecule has 0 fully saturated rings. The summed E-state index contributed by atoms with van der Waals surface area (Å²) in [6, 6.07) is 6.17. The zero-order chi connectivity index (χ0) is 17.4. The van der Waals surface area contributed by atoms with E-state index in [0.29, 0.717) is 17.8 Å². The van der Waals surface area contributed by atoms with Crippen molar-refractivity contribution < 1.29 is 14.4 Å². The van der Waals surface area contributed by atoms with E-state index >= 15 is 0 Å². The fourth-order valence-electron chi connectivity index (χ4n) is 2.66. The zero-order valence-corrected chi connectivity index (χ0v) is 14.1. The van der Waals surface area contributed by atoms with Crippen LogP contribution >= 0.6 is 0 Å². The summed E-state index contributed by atoms with van der Waals surface area (Å²) in [6.07, 6.45) is 4.90. The first kappa shape index (κ1) is 18.0. The molecule has 0 aliphatic carbocycles. The maximum Gasteiger partial charge on any atom is 0.254 e. The van der Waals surface area contributed by atoms with Crippen molar-refractivity contribution in [1.82, 2.24) is 10.6 Å². The van der Waals surface area contributed by atoms with Gasteiger partial charge < -0.3 is 16.0 Å². The van der Waals surface area contributed by atoms with Crippen molar-refractivity contribution in [3.8, 4) is 0 Å². The van der Waals surface area contributed by atoms with Crippen molar-refractivity contribution in [2.45, 2.75) is 51.5 Å². The summed E-state index contributed by atoms with van der Waals surface area (Å²) in [4.78, 5) is 36.2. The minimum Gasteiger partial charge on any atom is -0.356 e. The molecule has 6 heteroatoms. The summed E-state index contributed by atoms with van der Waals surface area (Å²) in [5.41, 5.74) is 0.941. The number of hydrogen-bond acceptors (Lipinski definition) is 3. The molecule has 3 N–H and O–H groups in total. The normalized spacial score (nSPS) is 16.6. The number of benzene rings is 1. The van der Waals surface area contributed by atoms with Crippen molar-refractivity contribution >= 4 is 23.4 Å². The quantitative estimate of drug-likeness (QED) is 0.638. The number of hydrogen-bond donors (Lipinski definition) is 3. The van der Waals surface area contributed by atoms with Crippen LogP contribution in [0.2, 0.25) is 0 Å². The number of amides is 3. The van der Waals surface area contributed by atoms with Crippen LogP contribution in [0.25, 0.3) is 0 Å². The van der Waals surface area contributed by atoms with Gasteiger partial charge in [-0.1, -0.05) is 38.3 Å². The third-order valence-corrected chi connectivity index (χ3v) is 4.06. The van der Waals surface area contributed by atoms with Gasteiger partial charge in [0, 0.05) is 13.0 Å². The van der Waals surface area contributed by atoms with Gasteiger partial charge in [0.1, 0.15) is 6.04 Å². The molecule has 1 unspecified atom stereocenters. The Morgan fingerprint density at radius 2 is 1.96 bits per heavy atom. The van der Waals surface area contributed by atoms with Gasteiger partial charge >= 0.3 is 0 Å². The van der Waals surface area contributed by atoms with Crippen LogP contribution in [-0.4, -0.2) is 30.3 Å². The number of para-hydroxylation sites is 1. The first-order chi connectivity index (χ1) is 11.6. The van der Waals surface area contributed by atoms with E-state index in [4.69, 9.17) is 0 Å². The van der Waals surface area contributed by atoms with E-state index < -0.39 is 6.04 Å². The SMILES string of the molecule is CCCCCCNC(=O)CCC1NC(=O)c2ccccc2NC1=O. The lowest BCUT2D eigenvalue weighted by molar-refractivity contribution is -0.121. The number of carbonyl (C=O) groups is 3. The Hall–Kier alpha value is -2.37. The average Bonchev–Trinajstić information content (AvgIpc) is 2.69. The molecular formula is C18H25N3O3. The van der Waals surface area contributed by atoms with Crippen molar-refractivity contribution in [3.05, 3.63) is 29.8 Å². The van der Waals surface area contributed by atoms with Crippen LogP contribution in [0.5, 0.6) is 0 Å². The smallest absolute Gasteiger partial charge is 0.254 e. The molecule has 0 saturated heterocycles. The molecule has 1 heterocycles.